The van der Waals surface area contributed by atoms with Crippen molar-refractivity contribution in [2.75, 3.05) is 0 Å². The Morgan fingerprint density at radius 3 is 1.64 bits per heavy atom. The van der Waals surface area contributed by atoms with Gasteiger partial charge in [-0.05, 0) is 65.6 Å². The molecule has 2 heteroatoms. The van der Waals surface area contributed by atoms with E-state index in [0.717, 1.165) is 17.1 Å². The van der Waals surface area contributed by atoms with Gasteiger partial charge in [0.15, 0.2) is 0 Å². The number of fused-ring (bicyclic) bond motifs is 5. The lowest BCUT2D eigenvalue weighted by Crippen LogP contribution is -2.00. The first kappa shape index (κ1) is 26.7. The van der Waals surface area contributed by atoms with Crippen LogP contribution in [0.5, 0.6) is 0 Å². The van der Waals surface area contributed by atoms with Crippen molar-refractivity contribution in [3.8, 4) is 33.6 Å². The van der Waals surface area contributed by atoms with Crippen LogP contribution in [0.2, 0.25) is 0 Å². The summed E-state index contributed by atoms with van der Waals surface area (Å²) in [5.74, 6) is 0. The smallest absolute Gasteiger partial charge is 0.0788 e. The van der Waals surface area contributed by atoms with Crippen molar-refractivity contribution in [3.05, 3.63) is 170 Å². The van der Waals surface area contributed by atoms with E-state index in [9.17, 15) is 0 Å². The molecule has 2 nitrogen and oxygen atoms in total. The third-order valence-corrected chi connectivity index (χ3v) is 8.79. The van der Waals surface area contributed by atoms with Crippen molar-refractivity contribution >= 4 is 44.9 Å². The highest BCUT2D eigenvalue weighted by Crippen LogP contribution is 2.42. The standard InChI is InChI=1S/C43H32N2/c1-3-15-36-38-26-27-39-37-24-11-12-25-41(37)45(35-23-14-21-33(29-35)31-18-9-6-10-19-31)43(39)42(38)44(40(36)4-2)34-22-13-20-32(28-34)30-16-7-5-8-17-30/h3-29H,2H2,1H3/b15-3-. The minimum absolute atomic E-state index is 1.08. The lowest BCUT2D eigenvalue weighted by Gasteiger charge is -2.15. The van der Waals surface area contributed by atoms with Crippen LogP contribution in [-0.4, -0.2) is 9.13 Å². The second kappa shape index (κ2) is 11.0. The Bertz CT molecular complexity index is 2380. The van der Waals surface area contributed by atoms with Gasteiger partial charge in [-0.15, -0.1) is 0 Å². The average Bonchev–Trinajstić information content (AvgIpc) is 3.62. The molecule has 0 saturated heterocycles. The largest absolute Gasteiger partial charge is 0.307 e. The Morgan fingerprint density at radius 2 is 1.02 bits per heavy atom. The van der Waals surface area contributed by atoms with Gasteiger partial charge in [-0.2, -0.15) is 0 Å². The zero-order valence-electron chi connectivity index (χ0n) is 25.2. The molecule has 0 radical (unpaired) electrons. The molecular weight excluding hydrogens is 544 g/mol. The van der Waals surface area contributed by atoms with Crippen molar-refractivity contribution in [2.45, 2.75) is 6.92 Å². The fourth-order valence-corrected chi connectivity index (χ4v) is 6.85. The molecule has 214 valence electrons. The quantitative estimate of drug-likeness (QED) is 0.186. The van der Waals surface area contributed by atoms with Crippen LogP contribution < -0.4 is 0 Å². The molecule has 0 amide bonds. The number of allylic oxidation sites excluding steroid dienone is 1. The Balaban J connectivity index is 1.52. The molecule has 0 aliphatic heterocycles. The van der Waals surface area contributed by atoms with Gasteiger partial charge in [0.25, 0.3) is 0 Å². The summed E-state index contributed by atoms with van der Waals surface area (Å²) in [4.78, 5) is 0. The van der Waals surface area contributed by atoms with E-state index in [4.69, 9.17) is 0 Å². The van der Waals surface area contributed by atoms with Gasteiger partial charge in [0.05, 0.1) is 22.2 Å². The molecule has 0 N–H and O–H groups in total. The molecular formula is C43H32N2. The summed E-state index contributed by atoms with van der Waals surface area (Å²) in [5.41, 5.74) is 12.8. The summed E-state index contributed by atoms with van der Waals surface area (Å²) < 4.78 is 4.85. The van der Waals surface area contributed by atoms with Crippen LogP contribution in [0.25, 0.3) is 78.5 Å². The molecule has 0 unspecified atom stereocenters. The Hall–Kier alpha value is -5.86. The number of para-hydroxylation sites is 1. The van der Waals surface area contributed by atoms with Gasteiger partial charge >= 0.3 is 0 Å². The molecule has 0 aliphatic rings. The van der Waals surface area contributed by atoms with Crippen LogP contribution in [0.15, 0.2) is 158 Å². The van der Waals surface area contributed by atoms with Gasteiger partial charge < -0.3 is 9.13 Å². The zero-order valence-corrected chi connectivity index (χ0v) is 25.2. The first-order valence-electron chi connectivity index (χ1n) is 15.4. The molecule has 0 bridgehead atoms. The third kappa shape index (κ3) is 4.34. The topological polar surface area (TPSA) is 9.86 Å². The van der Waals surface area contributed by atoms with Crippen LogP contribution in [-0.2, 0) is 0 Å². The van der Waals surface area contributed by atoms with Crippen LogP contribution in [0.4, 0.5) is 0 Å². The third-order valence-electron chi connectivity index (χ3n) is 8.79. The maximum absolute atomic E-state index is 4.32. The van der Waals surface area contributed by atoms with Gasteiger partial charge in [-0.25, -0.2) is 0 Å². The van der Waals surface area contributed by atoms with Crippen molar-refractivity contribution < 1.29 is 0 Å². The summed E-state index contributed by atoms with van der Waals surface area (Å²) in [5, 5.41) is 3.66. The number of benzene rings is 6. The van der Waals surface area contributed by atoms with Crippen LogP contribution in [0.1, 0.15) is 18.2 Å². The van der Waals surface area contributed by atoms with Crippen molar-refractivity contribution in [1.29, 1.82) is 0 Å². The number of hydrogen-bond acceptors (Lipinski definition) is 0. The molecule has 2 aromatic heterocycles. The fraction of sp³-hybridized carbons (Fsp3) is 0.0233. The van der Waals surface area contributed by atoms with Crippen LogP contribution >= 0.6 is 0 Å². The van der Waals surface area contributed by atoms with E-state index < -0.39 is 0 Å². The Morgan fingerprint density at radius 1 is 0.489 bits per heavy atom. The Kier molecular flexibility index (Phi) is 6.54. The van der Waals surface area contributed by atoms with Crippen molar-refractivity contribution in [1.82, 2.24) is 9.13 Å². The summed E-state index contributed by atoms with van der Waals surface area (Å²) >= 11 is 0. The van der Waals surface area contributed by atoms with E-state index in [1.54, 1.807) is 0 Å². The predicted molar refractivity (Wildman–Crippen MR) is 193 cm³/mol. The van der Waals surface area contributed by atoms with E-state index in [1.807, 2.05) is 6.08 Å². The molecule has 2 heterocycles. The van der Waals surface area contributed by atoms with E-state index in [2.05, 4.69) is 180 Å². The summed E-state index contributed by atoms with van der Waals surface area (Å²) in [6, 6.07) is 52.3. The SMILES string of the molecule is C=Cc1c(/C=C\C)c2ccc3c4ccccc4n(-c4cccc(-c5ccccc5)c4)c3c2n1-c1cccc(-c2ccccc2)c1. The minimum atomic E-state index is 1.08. The molecule has 0 fully saturated rings. The minimum Gasteiger partial charge on any atom is -0.307 e. The number of rotatable bonds is 6. The molecule has 0 spiro atoms. The molecule has 0 aliphatic carbocycles. The first-order valence-corrected chi connectivity index (χ1v) is 15.4. The lowest BCUT2D eigenvalue weighted by atomic mass is 10.0. The van der Waals surface area contributed by atoms with Crippen LogP contribution in [0.3, 0.4) is 0 Å². The Labute approximate surface area is 263 Å². The molecule has 0 atom stereocenters. The van der Waals surface area contributed by atoms with Gasteiger partial charge in [0.2, 0.25) is 0 Å². The highest BCUT2D eigenvalue weighted by atomic mass is 15.0. The monoisotopic (exact) mass is 576 g/mol. The molecule has 45 heavy (non-hydrogen) atoms. The van der Waals surface area contributed by atoms with Crippen molar-refractivity contribution in [2.24, 2.45) is 0 Å². The second-order valence-corrected chi connectivity index (χ2v) is 11.4. The average molecular weight is 577 g/mol. The van der Waals surface area contributed by atoms with E-state index in [1.165, 1.54) is 60.5 Å². The zero-order chi connectivity index (χ0) is 30.3. The van der Waals surface area contributed by atoms with Gasteiger partial charge in [-0.1, -0.05) is 134 Å². The van der Waals surface area contributed by atoms with E-state index in [0.29, 0.717) is 0 Å². The first-order chi connectivity index (χ1) is 22.3. The highest BCUT2D eigenvalue weighted by molar-refractivity contribution is 6.20. The second-order valence-electron chi connectivity index (χ2n) is 11.4. The molecule has 8 rings (SSSR count). The predicted octanol–water partition coefficient (Wildman–Crippen LogP) is 11.7. The summed E-state index contributed by atoms with van der Waals surface area (Å²) in [6.07, 6.45) is 6.33. The molecule has 0 saturated carbocycles. The van der Waals surface area contributed by atoms with Crippen LogP contribution in [0, 0.1) is 0 Å². The number of aromatic nitrogens is 2. The normalized spacial score (nSPS) is 11.7. The van der Waals surface area contributed by atoms with E-state index in [-0.39, 0.29) is 0 Å². The highest BCUT2D eigenvalue weighted by Gasteiger charge is 2.22. The number of hydrogen-bond donors (Lipinski definition) is 0. The fourth-order valence-electron chi connectivity index (χ4n) is 6.85. The molecule has 6 aromatic carbocycles. The lowest BCUT2D eigenvalue weighted by molar-refractivity contribution is 1.10. The summed E-state index contributed by atoms with van der Waals surface area (Å²) in [6.45, 7) is 6.40. The van der Waals surface area contributed by atoms with Crippen molar-refractivity contribution in [3.63, 3.8) is 0 Å². The maximum atomic E-state index is 4.32. The summed E-state index contributed by atoms with van der Waals surface area (Å²) in [7, 11) is 0. The van der Waals surface area contributed by atoms with E-state index >= 15 is 0 Å². The maximum Gasteiger partial charge on any atom is 0.0788 e. The number of nitrogens with zero attached hydrogens (tertiary/aromatic N) is 2. The van der Waals surface area contributed by atoms with Gasteiger partial charge in [0.1, 0.15) is 0 Å². The van der Waals surface area contributed by atoms with Gasteiger partial charge in [0, 0.05) is 33.1 Å². The molecule has 8 aromatic rings. The van der Waals surface area contributed by atoms with Gasteiger partial charge in [-0.3, -0.25) is 0 Å².